The van der Waals surface area contributed by atoms with Gasteiger partial charge in [-0.05, 0) is 186 Å². The molecule has 2 aliphatic carbocycles. The molecule has 0 N–H and O–H groups in total. The lowest BCUT2D eigenvalue weighted by Crippen LogP contribution is -2.61. The van der Waals surface area contributed by atoms with Crippen LogP contribution in [-0.4, -0.2) is 6.71 Å². The summed E-state index contributed by atoms with van der Waals surface area (Å²) >= 11 is 0. The number of anilines is 9. The molecule has 0 fully saturated rings. The van der Waals surface area contributed by atoms with Crippen LogP contribution < -0.4 is 31.1 Å². The molecule has 4 aliphatic rings. The van der Waals surface area contributed by atoms with E-state index in [9.17, 15) is 0 Å². The summed E-state index contributed by atoms with van der Waals surface area (Å²) in [5.41, 5.74) is 27.1. The smallest absolute Gasteiger partial charge is 0.252 e. The average molecular weight is 996 g/mol. The highest BCUT2D eigenvalue weighted by Gasteiger charge is 2.49. The third-order valence-electron chi connectivity index (χ3n) is 18.3. The van der Waals surface area contributed by atoms with Crippen LogP contribution in [0.5, 0.6) is 0 Å². The number of hydrogen-bond donors (Lipinski definition) is 0. The van der Waals surface area contributed by atoms with Gasteiger partial charge in [0, 0.05) is 45.4 Å². The van der Waals surface area contributed by atoms with Gasteiger partial charge < -0.3 is 14.7 Å². The summed E-state index contributed by atoms with van der Waals surface area (Å²) in [5.74, 6) is 0. The second-order valence-electron chi connectivity index (χ2n) is 27.7. The lowest BCUT2D eigenvalue weighted by Gasteiger charge is -2.47. The fourth-order valence-electron chi connectivity index (χ4n) is 14.2. The van der Waals surface area contributed by atoms with E-state index in [-0.39, 0.29) is 39.2 Å². The number of fused-ring (bicyclic) bond motifs is 6. The summed E-state index contributed by atoms with van der Waals surface area (Å²) in [6.45, 7) is 36.3. The minimum absolute atomic E-state index is 0.00289. The molecular formula is C72H78BN3. The maximum atomic E-state index is 2.74. The van der Waals surface area contributed by atoms with E-state index in [1.165, 1.54) is 107 Å². The van der Waals surface area contributed by atoms with Crippen LogP contribution in [0.4, 0.5) is 51.2 Å². The number of aryl methyl sites for hydroxylation is 1. The van der Waals surface area contributed by atoms with E-state index in [4.69, 9.17) is 0 Å². The number of benzene rings is 8. The van der Waals surface area contributed by atoms with Crippen molar-refractivity contribution in [1.29, 1.82) is 0 Å². The Morgan fingerprint density at radius 1 is 0.408 bits per heavy atom. The second-order valence-corrected chi connectivity index (χ2v) is 27.7. The molecule has 0 bridgehead atoms. The molecule has 0 spiro atoms. The minimum atomic E-state index is -0.0895. The predicted molar refractivity (Wildman–Crippen MR) is 329 cm³/mol. The first-order valence-corrected chi connectivity index (χ1v) is 28.2. The van der Waals surface area contributed by atoms with Crippen LogP contribution in [0.25, 0.3) is 11.1 Å². The van der Waals surface area contributed by atoms with Crippen LogP contribution in [-0.2, 0) is 32.5 Å². The topological polar surface area (TPSA) is 9.72 Å². The summed E-state index contributed by atoms with van der Waals surface area (Å²) in [6.07, 6.45) is 3.43. The molecule has 0 unspecified atom stereocenters. The Labute approximate surface area is 456 Å². The number of hydrogen-bond acceptors (Lipinski definition) is 3. The van der Waals surface area contributed by atoms with Gasteiger partial charge >= 0.3 is 0 Å². The van der Waals surface area contributed by atoms with Crippen molar-refractivity contribution in [2.24, 2.45) is 0 Å². The lowest BCUT2D eigenvalue weighted by molar-refractivity contribution is 0.332. The summed E-state index contributed by atoms with van der Waals surface area (Å²) in [7, 11) is 0. The fourth-order valence-corrected chi connectivity index (χ4v) is 14.2. The Bertz CT molecular complexity index is 3570. The molecule has 76 heavy (non-hydrogen) atoms. The largest absolute Gasteiger partial charge is 0.311 e. The van der Waals surface area contributed by atoms with Gasteiger partial charge in [0.1, 0.15) is 0 Å². The van der Waals surface area contributed by atoms with Gasteiger partial charge in [-0.2, -0.15) is 0 Å². The molecule has 0 aromatic heterocycles. The van der Waals surface area contributed by atoms with Crippen LogP contribution >= 0.6 is 0 Å². The van der Waals surface area contributed by atoms with E-state index < -0.39 is 0 Å². The third kappa shape index (κ3) is 7.98. The third-order valence-corrected chi connectivity index (χ3v) is 18.3. The average Bonchev–Trinajstić information content (AvgIpc) is 3.67. The van der Waals surface area contributed by atoms with Crippen molar-refractivity contribution in [2.75, 3.05) is 14.7 Å². The van der Waals surface area contributed by atoms with Crippen LogP contribution in [0.2, 0.25) is 0 Å². The van der Waals surface area contributed by atoms with Crippen molar-refractivity contribution < 1.29 is 0 Å². The van der Waals surface area contributed by atoms with Crippen molar-refractivity contribution in [3.63, 3.8) is 0 Å². The van der Waals surface area contributed by atoms with Gasteiger partial charge in [0.25, 0.3) is 6.71 Å². The molecule has 3 nitrogen and oxygen atoms in total. The highest BCUT2D eigenvalue weighted by atomic mass is 15.2. The fraction of sp³-hybridized carbons (Fsp3) is 0.333. The molecule has 12 rings (SSSR count). The summed E-state index contributed by atoms with van der Waals surface area (Å²) < 4.78 is 0. The quantitative estimate of drug-likeness (QED) is 0.154. The second kappa shape index (κ2) is 17.1. The number of para-hydroxylation sites is 2. The molecule has 0 atom stereocenters. The number of rotatable bonds is 6. The molecule has 8 aromatic carbocycles. The van der Waals surface area contributed by atoms with E-state index in [2.05, 4.69) is 282 Å². The van der Waals surface area contributed by atoms with Crippen molar-refractivity contribution >= 4 is 74.3 Å². The van der Waals surface area contributed by atoms with Crippen LogP contribution in [0.15, 0.2) is 164 Å². The normalized spacial score (nSPS) is 17.3. The van der Waals surface area contributed by atoms with E-state index in [1.807, 2.05) is 0 Å². The first-order chi connectivity index (χ1) is 35.8. The maximum Gasteiger partial charge on any atom is 0.252 e. The Hall–Kier alpha value is -6.78. The van der Waals surface area contributed by atoms with E-state index in [0.717, 1.165) is 29.9 Å². The van der Waals surface area contributed by atoms with Crippen LogP contribution in [0, 0.1) is 6.92 Å². The molecule has 8 aromatic rings. The van der Waals surface area contributed by atoms with Gasteiger partial charge in [-0.3, -0.25) is 0 Å². The van der Waals surface area contributed by atoms with E-state index in [1.54, 1.807) is 0 Å². The van der Waals surface area contributed by atoms with Crippen molar-refractivity contribution in [3.05, 3.63) is 203 Å². The van der Waals surface area contributed by atoms with Crippen LogP contribution in [0.3, 0.4) is 0 Å². The molecule has 2 heterocycles. The van der Waals surface area contributed by atoms with Gasteiger partial charge in [-0.25, -0.2) is 0 Å². The van der Waals surface area contributed by atoms with E-state index in [0.29, 0.717) is 0 Å². The molecule has 0 saturated heterocycles. The van der Waals surface area contributed by atoms with Crippen LogP contribution in [0.1, 0.15) is 155 Å². The zero-order valence-electron chi connectivity index (χ0n) is 48.1. The van der Waals surface area contributed by atoms with Crippen molar-refractivity contribution in [1.82, 2.24) is 0 Å². The highest BCUT2D eigenvalue weighted by molar-refractivity contribution is 7.00. The zero-order valence-corrected chi connectivity index (χ0v) is 48.1. The molecule has 0 saturated carbocycles. The molecule has 4 heteroatoms. The lowest BCUT2D eigenvalue weighted by atomic mass is 9.33. The molecule has 0 radical (unpaired) electrons. The molecule has 384 valence electrons. The SMILES string of the molecule is Cc1cc2c(cc1N1c3cc4c(cc3B3c5ccc(C(C)(C)C)cc5N(c5ccc(C(C)(C)C)cc5-c5ccccc5)c5cc(N(c6ccccc6)c6ccccc6)cc1c53)C(C)(C)CC4(C)C)C(C)(C)CCC2(C)C. The first-order valence-electron chi connectivity index (χ1n) is 28.2. The predicted octanol–water partition coefficient (Wildman–Crippen LogP) is 18.1. The van der Waals surface area contributed by atoms with Gasteiger partial charge in [0.05, 0.1) is 11.4 Å². The van der Waals surface area contributed by atoms with Crippen molar-refractivity contribution in [2.45, 2.75) is 156 Å². The minimum Gasteiger partial charge on any atom is -0.311 e. The Balaban J connectivity index is 1.27. The molecule has 2 aliphatic heterocycles. The highest BCUT2D eigenvalue weighted by Crippen LogP contribution is 2.56. The van der Waals surface area contributed by atoms with E-state index >= 15 is 0 Å². The summed E-state index contributed by atoms with van der Waals surface area (Å²) in [6, 6.07) is 63.6. The first kappa shape index (κ1) is 50.1. The van der Waals surface area contributed by atoms with Gasteiger partial charge in [0.2, 0.25) is 0 Å². The van der Waals surface area contributed by atoms with Gasteiger partial charge in [-0.15, -0.1) is 0 Å². The zero-order chi connectivity index (χ0) is 53.6. The standard InChI is InChI=1S/C72H78BN3/c1-46-37-54-56(70(10,11)36-35-69(54,8)9)43-61(46)76-63-44-57-55(71(12,13)45-72(57,14)15)42-59(63)73-58-33-31-49(68(5,6)7)39-62(58)75(60-34-32-48(67(2,3)4)38-53(60)47-25-19-16-20-26-47)64-40-52(41-65(76)66(64)73)74(50-27-21-17-22-28-50)51-29-23-18-24-30-51/h16-34,37-44H,35-36,45H2,1-15H3. The van der Waals surface area contributed by atoms with Crippen molar-refractivity contribution in [3.8, 4) is 11.1 Å². The maximum absolute atomic E-state index is 2.74. The molecular weight excluding hydrogens is 918 g/mol. The Morgan fingerprint density at radius 2 is 0.868 bits per heavy atom. The monoisotopic (exact) mass is 996 g/mol. The molecule has 0 amide bonds. The summed E-state index contributed by atoms with van der Waals surface area (Å²) in [4.78, 5) is 7.91. The Morgan fingerprint density at radius 3 is 1.43 bits per heavy atom. The number of nitrogens with zero attached hydrogens (tertiary/aromatic N) is 3. The van der Waals surface area contributed by atoms with Gasteiger partial charge in [-0.1, -0.05) is 194 Å². The Kier molecular flexibility index (Phi) is 11.3. The van der Waals surface area contributed by atoms with Gasteiger partial charge in [0.15, 0.2) is 0 Å². The summed E-state index contributed by atoms with van der Waals surface area (Å²) in [5, 5.41) is 0.